The van der Waals surface area contributed by atoms with E-state index in [-0.39, 0.29) is 11.9 Å². The molecule has 6 heteroatoms. The number of hydrogen-bond donors (Lipinski definition) is 2. The Labute approximate surface area is 126 Å². The number of aromatic nitrogens is 2. The van der Waals surface area contributed by atoms with E-state index in [0.717, 1.165) is 28.7 Å². The van der Waals surface area contributed by atoms with Crippen molar-refractivity contribution in [2.24, 2.45) is 5.84 Å². The Morgan fingerprint density at radius 2 is 2.30 bits per heavy atom. The number of nitrogens with zero attached hydrogens (tertiary/aromatic N) is 2. The molecule has 1 heterocycles. The van der Waals surface area contributed by atoms with Gasteiger partial charge in [-0.25, -0.2) is 4.39 Å². The summed E-state index contributed by atoms with van der Waals surface area (Å²) in [7, 11) is 0. The van der Waals surface area contributed by atoms with E-state index in [1.54, 1.807) is 12.3 Å². The van der Waals surface area contributed by atoms with Crippen LogP contribution in [0.1, 0.15) is 30.6 Å². The molecule has 0 saturated carbocycles. The van der Waals surface area contributed by atoms with Crippen molar-refractivity contribution in [3.63, 3.8) is 0 Å². The summed E-state index contributed by atoms with van der Waals surface area (Å²) in [5, 5.41) is 4.33. The van der Waals surface area contributed by atoms with Gasteiger partial charge in [-0.3, -0.25) is 16.0 Å². The number of nitrogens with one attached hydrogen (secondary N) is 1. The van der Waals surface area contributed by atoms with Crippen LogP contribution in [0.3, 0.4) is 0 Å². The monoisotopic (exact) mass is 340 g/mol. The quantitative estimate of drug-likeness (QED) is 0.627. The first kappa shape index (κ1) is 15.2. The summed E-state index contributed by atoms with van der Waals surface area (Å²) in [5.74, 6) is 5.44. The number of rotatable bonds is 6. The summed E-state index contributed by atoms with van der Waals surface area (Å²) in [6, 6.07) is 6.43. The van der Waals surface area contributed by atoms with E-state index in [0.29, 0.717) is 6.42 Å². The van der Waals surface area contributed by atoms with Gasteiger partial charge in [0.2, 0.25) is 0 Å². The fourth-order valence-electron chi connectivity index (χ4n) is 2.24. The van der Waals surface area contributed by atoms with Crippen molar-refractivity contribution in [2.45, 2.75) is 32.4 Å². The molecular formula is C14H18BrFN4. The molecule has 0 bridgehead atoms. The molecule has 0 aliphatic heterocycles. The number of hydrogen-bond acceptors (Lipinski definition) is 3. The Bertz CT molecular complexity index is 570. The van der Waals surface area contributed by atoms with E-state index in [9.17, 15) is 4.39 Å². The van der Waals surface area contributed by atoms with Crippen LogP contribution in [0.2, 0.25) is 0 Å². The SMILES string of the molecule is CCCn1ncc(Br)c1C(Cc1cccc(F)c1)NN. The van der Waals surface area contributed by atoms with Gasteiger partial charge in [0.05, 0.1) is 22.4 Å². The molecule has 108 valence electrons. The van der Waals surface area contributed by atoms with Crippen LogP contribution in [0, 0.1) is 5.82 Å². The van der Waals surface area contributed by atoms with Gasteiger partial charge in [-0.05, 0) is 46.5 Å². The molecule has 0 saturated heterocycles. The Morgan fingerprint density at radius 3 is 2.95 bits per heavy atom. The predicted octanol–water partition coefficient (Wildman–Crippen LogP) is 2.94. The number of benzene rings is 1. The summed E-state index contributed by atoms with van der Waals surface area (Å²) in [4.78, 5) is 0. The fraction of sp³-hybridized carbons (Fsp3) is 0.357. The number of aryl methyl sites for hydroxylation is 1. The van der Waals surface area contributed by atoms with Gasteiger partial charge in [0.25, 0.3) is 0 Å². The average molecular weight is 341 g/mol. The highest BCUT2D eigenvalue weighted by Gasteiger charge is 2.19. The van der Waals surface area contributed by atoms with E-state index in [2.05, 4.69) is 33.4 Å². The molecule has 0 aliphatic carbocycles. The standard InChI is InChI=1S/C14H18BrFN4/c1-2-6-20-14(12(15)9-18-20)13(19-17)8-10-4-3-5-11(16)7-10/h3-5,7,9,13,19H,2,6,8,17H2,1H3. The summed E-state index contributed by atoms with van der Waals surface area (Å²) >= 11 is 3.50. The molecule has 0 amide bonds. The largest absolute Gasteiger partial charge is 0.271 e. The molecule has 1 atom stereocenters. The van der Waals surface area contributed by atoms with Crippen LogP contribution in [-0.4, -0.2) is 9.78 Å². The summed E-state index contributed by atoms with van der Waals surface area (Å²) in [6.45, 7) is 2.92. The van der Waals surface area contributed by atoms with Crippen LogP contribution in [0.25, 0.3) is 0 Å². The van der Waals surface area contributed by atoms with Crippen LogP contribution in [0.15, 0.2) is 34.9 Å². The molecule has 1 aromatic carbocycles. The summed E-state index contributed by atoms with van der Waals surface area (Å²) in [6.07, 6.45) is 3.35. The first-order valence-corrected chi connectivity index (χ1v) is 7.36. The van der Waals surface area contributed by atoms with Gasteiger partial charge in [0.15, 0.2) is 0 Å². The highest BCUT2D eigenvalue weighted by Crippen LogP contribution is 2.26. The molecule has 0 aliphatic rings. The Kier molecular flexibility index (Phi) is 5.28. The highest BCUT2D eigenvalue weighted by molar-refractivity contribution is 9.10. The molecule has 0 fully saturated rings. The van der Waals surface area contributed by atoms with Crippen molar-refractivity contribution in [1.82, 2.24) is 15.2 Å². The summed E-state index contributed by atoms with van der Waals surface area (Å²) in [5.41, 5.74) is 4.68. The second kappa shape index (κ2) is 6.97. The van der Waals surface area contributed by atoms with Crippen molar-refractivity contribution in [3.8, 4) is 0 Å². The third-order valence-electron chi connectivity index (χ3n) is 3.13. The minimum absolute atomic E-state index is 0.125. The summed E-state index contributed by atoms with van der Waals surface area (Å²) < 4.78 is 16.1. The van der Waals surface area contributed by atoms with E-state index < -0.39 is 0 Å². The second-order valence-electron chi connectivity index (χ2n) is 4.65. The van der Waals surface area contributed by atoms with Crippen molar-refractivity contribution in [3.05, 3.63) is 52.0 Å². The number of nitrogens with two attached hydrogens (primary N) is 1. The lowest BCUT2D eigenvalue weighted by Gasteiger charge is -2.18. The topological polar surface area (TPSA) is 55.9 Å². The maximum atomic E-state index is 13.3. The molecule has 3 N–H and O–H groups in total. The lowest BCUT2D eigenvalue weighted by atomic mass is 10.0. The third-order valence-corrected chi connectivity index (χ3v) is 3.74. The minimum Gasteiger partial charge on any atom is -0.271 e. The molecule has 1 unspecified atom stereocenters. The molecule has 2 rings (SSSR count). The third kappa shape index (κ3) is 3.45. The zero-order valence-corrected chi connectivity index (χ0v) is 12.9. The lowest BCUT2D eigenvalue weighted by molar-refractivity contribution is 0.475. The van der Waals surface area contributed by atoms with Crippen LogP contribution in [0.4, 0.5) is 4.39 Å². The molecule has 0 spiro atoms. The van der Waals surface area contributed by atoms with Crippen molar-refractivity contribution in [1.29, 1.82) is 0 Å². The zero-order chi connectivity index (χ0) is 14.5. The Hall–Kier alpha value is -1.24. The van der Waals surface area contributed by atoms with Gasteiger partial charge >= 0.3 is 0 Å². The van der Waals surface area contributed by atoms with E-state index >= 15 is 0 Å². The van der Waals surface area contributed by atoms with Gasteiger partial charge in [-0.15, -0.1) is 0 Å². The smallest absolute Gasteiger partial charge is 0.123 e. The minimum atomic E-state index is -0.237. The highest BCUT2D eigenvalue weighted by atomic mass is 79.9. The maximum Gasteiger partial charge on any atom is 0.123 e. The van der Waals surface area contributed by atoms with Crippen molar-refractivity contribution >= 4 is 15.9 Å². The van der Waals surface area contributed by atoms with Gasteiger partial charge in [0, 0.05) is 6.54 Å². The van der Waals surface area contributed by atoms with E-state index in [1.807, 2.05) is 10.7 Å². The van der Waals surface area contributed by atoms with Crippen LogP contribution < -0.4 is 11.3 Å². The average Bonchev–Trinajstić information content (AvgIpc) is 2.78. The first-order valence-electron chi connectivity index (χ1n) is 6.57. The molecule has 1 aromatic heterocycles. The van der Waals surface area contributed by atoms with Crippen LogP contribution in [0.5, 0.6) is 0 Å². The molecule has 2 aromatic rings. The molecule has 4 nitrogen and oxygen atoms in total. The first-order chi connectivity index (χ1) is 9.65. The zero-order valence-electron chi connectivity index (χ0n) is 11.3. The van der Waals surface area contributed by atoms with Gasteiger partial charge in [-0.1, -0.05) is 19.1 Å². The normalized spacial score (nSPS) is 12.6. The van der Waals surface area contributed by atoms with E-state index in [4.69, 9.17) is 5.84 Å². The van der Waals surface area contributed by atoms with Crippen LogP contribution in [-0.2, 0) is 13.0 Å². The fourth-order valence-corrected chi connectivity index (χ4v) is 2.82. The Morgan fingerprint density at radius 1 is 1.50 bits per heavy atom. The van der Waals surface area contributed by atoms with Crippen molar-refractivity contribution in [2.75, 3.05) is 0 Å². The Balaban J connectivity index is 2.26. The maximum absolute atomic E-state index is 13.3. The van der Waals surface area contributed by atoms with Gasteiger partial charge in [0.1, 0.15) is 5.82 Å². The lowest BCUT2D eigenvalue weighted by Crippen LogP contribution is -2.31. The van der Waals surface area contributed by atoms with E-state index in [1.165, 1.54) is 12.1 Å². The number of hydrazine groups is 1. The van der Waals surface area contributed by atoms with Gasteiger partial charge in [-0.2, -0.15) is 5.10 Å². The van der Waals surface area contributed by atoms with Gasteiger partial charge < -0.3 is 0 Å². The molecular weight excluding hydrogens is 323 g/mol. The second-order valence-corrected chi connectivity index (χ2v) is 5.51. The molecule has 0 radical (unpaired) electrons. The van der Waals surface area contributed by atoms with Crippen LogP contribution >= 0.6 is 15.9 Å². The molecule has 20 heavy (non-hydrogen) atoms. The number of halogens is 2. The van der Waals surface area contributed by atoms with Crippen molar-refractivity contribution < 1.29 is 4.39 Å². The predicted molar refractivity (Wildman–Crippen MR) is 80.4 cm³/mol.